The molecule has 2 saturated heterocycles. The molecule has 9 rings (SSSR count). The number of fused-ring (bicyclic) bond motifs is 2. The maximum absolute atomic E-state index is 9.07. The van der Waals surface area contributed by atoms with Crippen LogP contribution in [0.25, 0.3) is 45.1 Å². The first-order valence-corrected chi connectivity index (χ1v) is 21.9. The van der Waals surface area contributed by atoms with E-state index in [0.717, 1.165) is 112 Å². The highest BCUT2D eigenvalue weighted by molar-refractivity contribution is 6.34. The quantitative estimate of drug-likeness (QED) is 0.0785. The summed E-state index contributed by atoms with van der Waals surface area (Å²) in [6, 6.07) is 26.1. The number of pyridine rings is 2. The Labute approximate surface area is 376 Å². The molecule has 0 atom stereocenters. The first kappa shape index (κ1) is 44.1. The average Bonchev–Trinajstić information content (AvgIpc) is 3.96. The summed E-state index contributed by atoms with van der Waals surface area (Å²) in [4.78, 5) is 31.5. The van der Waals surface area contributed by atoms with E-state index >= 15 is 0 Å². The lowest BCUT2D eigenvalue weighted by Crippen LogP contribution is -2.38. The molecule has 15 nitrogen and oxygen atoms in total. The van der Waals surface area contributed by atoms with E-state index in [1.165, 1.54) is 5.56 Å². The Morgan fingerprint density at radius 2 is 1.21 bits per heavy atom. The number of hydrogen-bond acceptors (Lipinski definition) is 13. The molecule has 2 aliphatic rings. The predicted molar refractivity (Wildman–Crippen MR) is 248 cm³/mol. The Bertz CT molecular complexity index is 2510. The Kier molecular flexibility index (Phi) is 15.2. The van der Waals surface area contributed by atoms with Crippen molar-refractivity contribution in [2.45, 2.75) is 6.54 Å². The number of rotatable bonds is 16. The van der Waals surface area contributed by atoms with Crippen LogP contribution in [0, 0.1) is 0 Å². The third kappa shape index (κ3) is 11.5. The molecule has 330 valence electrons. The maximum Gasteiger partial charge on any atom is 0.180 e. The molecule has 4 aromatic heterocycles. The number of morpholine rings is 2. The van der Waals surface area contributed by atoms with Crippen molar-refractivity contribution >= 4 is 56.9 Å². The maximum atomic E-state index is 9.07. The van der Waals surface area contributed by atoms with Gasteiger partial charge in [-0.05, 0) is 54.1 Å². The second-order valence-electron chi connectivity index (χ2n) is 15.1. The Morgan fingerprint density at radius 1 is 0.698 bits per heavy atom. The summed E-state index contributed by atoms with van der Waals surface area (Å²) in [6.07, 6.45) is 3.22. The van der Waals surface area contributed by atoms with Crippen LogP contribution in [0.5, 0.6) is 11.5 Å². The monoisotopic (exact) mass is 894 g/mol. The van der Waals surface area contributed by atoms with Gasteiger partial charge in [-0.25, -0.2) is 19.9 Å². The van der Waals surface area contributed by atoms with Gasteiger partial charge in [0, 0.05) is 70.5 Å². The van der Waals surface area contributed by atoms with Gasteiger partial charge in [0.15, 0.2) is 11.3 Å². The number of halogens is 2. The van der Waals surface area contributed by atoms with Gasteiger partial charge in [0.1, 0.15) is 47.4 Å². The lowest BCUT2D eigenvalue weighted by molar-refractivity contribution is 0.0321. The third-order valence-corrected chi connectivity index (χ3v) is 11.4. The summed E-state index contributed by atoms with van der Waals surface area (Å²) in [5.41, 5.74) is 7.41. The number of nitrogens with zero attached hydrogens (tertiary/aromatic N) is 7. The summed E-state index contributed by atoms with van der Waals surface area (Å²) in [5.74, 6) is 3.11. The molecule has 0 aliphatic carbocycles. The summed E-state index contributed by atoms with van der Waals surface area (Å²) in [6.45, 7) is 11.3. The van der Waals surface area contributed by atoms with Crippen molar-refractivity contribution in [3.8, 4) is 34.3 Å². The number of nitrogens with one attached hydrogen (secondary N) is 3. The van der Waals surface area contributed by atoms with Crippen LogP contribution in [0.2, 0.25) is 10.0 Å². The van der Waals surface area contributed by atoms with Crippen molar-refractivity contribution in [2.75, 3.05) is 109 Å². The topological polar surface area (TPSA) is 162 Å². The lowest BCUT2D eigenvalue weighted by atomic mass is 10.2. The van der Waals surface area contributed by atoms with Crippen molar-refractivity contribution in [1.82, 2.24) is 39.7 Å². The minimum atomic E-state index is 0.00807. The first-order valence-electron chi connectivity index (χ1n) is 21.2. The molecule has 17 heteroatoms. The van der Waals surface area contributed by atoms with Gasteiger partial charge in [-0.1, -0.05) is 53.5 Å². The zero-order valence-electron chi connectivity index (χ0n) is 35.2. The van der Waals surface area contributed by atoms with Crippen LogP contribution in [-0.4, -0.2) is 144 Å². The standard InChI is InChI=1S/C26H28ClN5O2.C20H24ClN5O3/c1-31(18-19-5-3-2-4-6-19)24-22(27)17-28-26-23(24)29-25(30-26)20-7-9-21(10-8-20)34-16-13-32-11-14-33-15-12-32;21-16-13-23-20-18(17(16)22-5-9-27)24-19(25-20)14-1-3-15(4-2-14)29-12-8-26-6-10-28-11-7-26/h2-10,17H,11-16,18H2,1H3,(H,28,29,30);1-4,13,27H,5-12H2,(H2,22,23,24,25). The number of aliphatic hydroxyl groups is 1. The van der Waals surface area contributed by atoms with E-state index in [1.54, 1.807) is 12.4 Å². The number of aromatic nitrogens is 6. The molecule has 0 amide bonds. The summed E-state index contributed by atoms with van der Waals surface area (Å²) >= 11 is 12.8. The highest BCUT2D eigenvalue weighted by atomic mass is 35.5. The molecule has 4 N–H and O–H groups in total. The van der Waals surface area contributed by atoms with Gasteiger partial charge in [0.2, 0.25) is 0 Å². The zero-order valence-corrected chi connectivity index (χ0v) is 36.7. The van der Waals surface area contributed by atoms with E-state index in [4.69, 9.17) is 52.2 Å². The van der Waals surface area contributed by atoms with Crippen LogP contribution < -0.4 is 19.7 Å². The van der Waals surface area contributed by atoms with Crippen molar-refractivity contribution < 1.29 is 24.1 Å². The van der Waals surface area contributed by atoms with Crippen LogP contribution in [0.4, 0.5) is 11.4 Å². The van der Waals surface area contributed by atoms with Crippen molar-refractivity contribution in [1.29, 1.82) is 0 Å². The normalized spacial score (nSPS) is 14.7. The number of aliphatic hydroxyl groups excluding tert-OH is 1. The van der Waals surface area contributed by atoms with Gasteiger partial charge >= 0.3 is 0 Å². The third-order valence-electron chi connectivity index (χ3n) is 10.8. The molecule has 0 unspecified atom stereocenters. The fraction of sp³-hybridized carbons (Fsp3) is 0.348. The fourth-order valence-electron chi connectivity index (χ4n) is 7.44. The Hall–Kier alpha value is -5.52. The molecule has 0 spiro atoms. The van der Waals surface area contributed by atoms with Crippen LogP contribution >= 0.6 is 23.2 Å². The van der Waals surface area contributed by atoms with Crippen LogP contribution in [-0.2, 0) is 16.0 Å². The Morgan fingerprint density at radius 3 is 1.75 bits per heavy atom. The minimum Gasteiger partial charge on any atom is -0.492 e. The number of benzene rings is 3. The summed E-state index contributed by atoms with van der Waals surface area (Å²) in [7, 11) is 2.03. The minimum absolute atomic E-state index is 0.00807. The van der Waals surface area contributed by atoms with Gasteiger partial charge in [-0.2, -0.15) is 0 Å². The molecule has 2 aliphatic heterocycles. The van der Waals surface area contributed by atoms with Gasteiger partial charge < -0.3 is 44.2 Å². The number of hydrogen-bond donors (Lipinski definition) is 4. The molecule has 0 bridgehead atoms. The van der Waals surface area contributed by atoms with Crippen LogP contribution in [0.15, 0.2) is 91.3 Å². The summed E-state index contributed by atoms with van der Waals surface area (Å²) < 4.78 is 22.5. The Balaban J connectivity index is 0.000000175. The van der Waals surface area contributed by atoms with Gasteiger partial charge in [0.05, 0.1) is 66.8 Å². The number of anilines is 2. The molecule has 3 aromatic carbocycles. The molecule has 2 fully saturated rings. The number of aromatic amines is 2. The number of ether oxygens (including phenoxy) is 4. The zero-order chi connectivity index (χ0) is 43.4. The average molecular weight is 896 g/mol. The molecule has 0 radical (unpaired) electrons. The van der Waals surface area contributed by atoms with Gasteiger partial charge in [-0.15, -0.1) is 0 Å². The smallest absolute Gasteiger partial charge is 0.180 e. The van der Waals surface area contributed by atoms with Crippen molar-refractivity contribution in [3.63, 3.8) is 0 Å². The molecule has 63 heavy (non-hydrogen) atoms. The highest BCUT2D eigenvalue weighted by Crippen LogP contribution is 2.34. The van der Waals surface area contributed by atoms with Crippen LogP contribution in [0.1, 0.15) is 5.56 Å². The first-order chi connectivity index (χ1) is 30.9. The molecule has 7 aromatic rings. The number of H-pyrrole nitrogens is 2. The van der Waals surface area contributed by atoms with Crippen molar-refractivity contribution in [2.24, 2.45) is 0 Å². The number of imidazole rings is 2. The van der Waals surface area contributed by atoms with E-state index in [2.05, 4.69) is 57.1 Å². The van der Waals surface area contributed by atoms with E-state index in [9.17, 15) is 0 Å². The molecule has 6 heterocycles. The highest BCUT2D eigenvalue weighted by Gasteiger charge is 2.18. The van der Waals surface area contributed by atoms with E-state index in [0.29, 0.717) is 58.1 Å². The van der Waals surface area contributed by atoms with E-state index in [-0.39, 0.29) is 6.61 Å². The molecular formula is C46H52Cl2N10O5. The lowest BCUT2D eigenvalue weighted by Gasteiger charge is -2.26. The largest absolute Gasteiger partial charge is 0.492 e. The van der Waals surface area contributed by atoms with Crippen molar-refractivity contribution in [3.05, 3.63) is 107 Å². The van der Waals surface area contributed by atoms with E-state index < -0.39 is 0 Å². The SMILES string of the molecule is CN(Cc1ccccc1)c1c(Cl)cnc2nc(-c3ccc(OCCN4CCOCC4)cc3)[nH]c12.OCCNc1c(Cl)cnc2nc(-c3ccc(OCCN4CCOCC4)cc3)[nH]c12. The molecule has 0 saturated carbocycles. The second-order valence-corrected chi connectivity index (χ2v) is 16.0. The van der Waals surface area contributed by atoms with Crippen LogP contribution in [0.3, 0.4) is 0 Å². The predicted octanol–water partition coefficient (Wildman–Crippen LogP) is 7.02. The summed E-state index contributed by atoms with van der Waals surface area (Å²) in [5, 5.41) is 13.2. The van der Waals surface area contributed by atoms with Gasteiger partial charge in [-0.3, -0.25) is 9.80 Å². The molecular weight excluding hydrogens is 843 g/mol. The van der Waals surface area contributed by atoms with E-state index in [1.807, 2.05) is 73.8 Å². The van der Waals surface area contributed by atoms with Gasteiger partial charge in [0.25, 0.3) is 0 Å². The fourth-order valence-corrected chi connectivity index (χ4v) is 7.94. The second kappa shape index (κ2) is 21.7.